The molecule has 0 unspecified atom stereocenters. The van der Waals surface area contributed by atoms with Crippen molar-refractivity contribution in [1.82, 2.24) is 4.98 Å². The van der Waals surface area contributed by atoms with Gasteiger partial charge >= 0.3 is 0 Å². The van der Waals surface area contributed by atoms with E-state index in [1.807, 2.05) is 19.1 Å². The molecule has 3 aromatic rings. The summed E-state index contributed by atoms with van der Waals surface area (Å²) in [7, 11) is 0. The minimum absolute atomic E-state index is 0.343. The summed E-state index contributed by atoms with van der Waals surface area (Å²) in [6.45, 7) is 2.04. The molecule has 3 rings (SSSR count). The van der Waals surface area contributed by atoms with Gasteiger partial charge in [-0.3, -0.25) is 0 Å². The van der Waals surface area contributed by atoms with Crippen molar-refractivity contribution in [3.05, 3.63) is 52.8 Å². The van der Waals surface area contributed by atoms with Gasteiger partial charge in [0.2, 0.25) is 0 Å². The zero-order valence-corrected chi connectivity index (χ0v) is 11.6. The van der Waals surface area contributed by atoms with Gasteiger partial charge in [-0.1, -0.05) is 29.0 Å². The van der Waals surface area contributed by atoms with E-state index in [1.165, 1.54) is 17.7 Å². The summed E-state index contributed by atoms with van der Waals surface area (Å²) in [4.78, 5) is 4.47. The largest absolute Gasteiger partial charge is 0.330 e. The lowest BCUT2D eigenvalue weighted by molar-refractivity contribution is 0.628. The van der Waals surface area contributed by atoms with Crippen LogP contribution >= 0.6 is 22.9 Å². The molecule has 0 bridgehead atoms. The van der Waals surface area contributed by atoms with Crippen LogP contribution in [0, 0.1) is 12.7 Å². The SMILES string of the molecule is Cc1ccc2nc(Nc3ccc(F)cc3Cl)sc2c1. The van der Waals surface area contributed by atoms with Gasteiger partial charge in [0.05, 0.1) is 20.9 Å². The second-order valence-electron chi connectivity index (χ2n) is 4.24. The van der Waals surface area contributed by atoms with Crippen LogP contribution in [0.3, 0.4) is 0 Å². The first-order valence-electron chi connectivity index (χ1n) is 5.71. The maximum absolute atomic E-state index is 13.0. The van der Waals surface area contributed by atoms with Crippen molar-refractivity contribution in [1.29, 1.82) is 0 Å². The zero-order valence-electron chi connectivity index (χ0n) is 10.1. The molecule has 2 aromatic carbocycles. The molecule has 0 radical (unpaired) electrons. The third-order valence-corrected chi connectivity index (χ3v) is 3.96. The standard InChI is InChI=1S/C14H10ClFN2S/c1-8-2-4-12-13(6-8)19-14(18-12)17-11-5-3-9(16)7-10(11)15/h2-7H,1H3,(H,17,18). The van der Waals surface area contributed by atoms with E-state index in [2.05, 4.69) is 16.4 Å². The lowest BCUT2D eigenvalue weighted by Crippen LogP contribution is -1.90. The molecule has 5 heteroatoms. The molecular weight excluding hydrogens is 283 g/mol. The van der Waals surface area contributed by atoms with E-state index in [9.17, 15) is 4.39 Å². The lowest BCUT2D eigenvalue weighted by atomic mass is 10.2. The molecule has 2 nitrogen and oxygen atoms in total. The Bertz CT molecular complexity index is 754. The molecule has 0 fully saturated rings. The van der Waals surface area contributed by atoms with Crippen molar-refractivity contribution in [2.45, 2.75) is 6.92 Å². The van der Waals surface area contributed by atoms with Crippen LogP contribution in [0.5, 0.6) is 0 Å². The Labute approximate surface area is 118 Å². The molecule has 1 heterocycles. The summed E-state index contributed by atoms with van der Waals surface area (Å²) in [5.74, 6) is -0.351. The van der Waals surface area contributed by atoms with E-state index in [0.717, 1.165) is 15.3 Å². The van der Waals surface area contributed by atoms with Crippen LogP contribution in [0.2, 0.25) is 5.02 Å². The molecule has 0 atom stereocenters. The molecule has 0 spiro atoms. The minimum Gasteiger partial charge on any atom is -0.330 e. The van der Waals surface area contributed by atoms with Gasteiger partial charge in [0.1, 0.15) is 5.82 Å². The number of nitrogens with one attached hydrogen (secondary N) is 1. The molecule has 1 aromatic heterocycles. The zero-order chi connectivity index (χ0) is 13.4. The molecule has 96 valence electrons. The topological polar surface area (TPSA) is 24.9 Å². The third kappa shape index (κ3) is 2.55. The summed E-state index contributed by atoms with van der Waals surface area (Å²) in [5.41, 5.74) is 2.79. The van der Waals surface area contributed by atoms with Crippen molar-refractivity contribution in [2.75, 3.05) is 5.32 Å². The highest BCUT2D eigenvalue weighted by atomic mass is 35.5. The van der Waals surface area contributed by atoms with Gasteiger partial charge in [0, 0.05) is 0 Å². The van der Waals surface area contributed by atoms with Crippen LogP contribution in [0.25, 0.3) is 10.2 Å². The molecular formula is C14H10ClFN2S. The summed E-state index contributed by atoms with van der Waals surface area (Å²) in [5, 5.41) is 4.20. The minimum atomic E-state index is -0.351. The van der Waals surface area contributed by atoms with E-state index in [0.29, 0.717) is 10.7 Å². The molecule has 0 aliphatic carbocycles. The van der Waals surface area contributed by atoms with Gasteiger partial charge in [-0.15, -0.1) is 0 Å². The van der Waals surface area contributed by atoms with Crippen LogP contribution in [0.1, 0.15) is 5.56 Å². The number of benzene rings is 2. The number of halogens is 2. The van der Waals surface area contributed by atoms with Gasteiger partial charge in [-0.25, -0.2) is 9.37 Å². The average molecular weight is 293 g/mol. The molecule has 0 amide bonds. The highest BCUT2D eigenvalue weighted by Crippen LogP contribution is 2.31. The summed E-state index contributed by atoms with van der Waals surface area (Å²) in [6.07, 6.45) is 0. The second-order valence-corrected chi connectivity index (χ2v) is 5.68. The Kier molecular flexibility index (Phi) is 3.12. The highest BCUT2D eigenvalue weighted by molar-refractivity contribution is 7.22. The van der Waals surface area contributed by atoms with Crippen LogP contribution in [-0.2, 0) is 0 Å². The van der Waals surface area contributed by atoms with E-state index in [1.54, 1.807) is 17.4 Å². The Morgan fingerprint density at radius 3 is 2.84 bits per heavy atom. The molecule has 0 saturated carbocycles. The quantitative estimate of drug-likeness (QED) is 0.707. The first-order chi connectivity index (χ1) is 9.11. The van der Waals surface area contributed by atoms with Gasteiger partial charge in [0.15, 0.2) is 5.13 Å². The summed E-state index contributed by atoms with van der Waals surface area (Å²) >= 11 is 7.52. The number of hydrogen-bond acceptors (Lipinski definition) is 3. The van der Waals surface area contributed by atoms with Crippen LogP contribution in [0.4, 0.5) is 15.2 Å². The Hall–Kier alpha value is -1.65. The Morgan fingerprint density at radius 1 is 1.21 bits per heavy atom. The van der Waals surface area contributed by atoms with Crippen molar-refractivity contribution in [3.8, 4) is 0 Å². The van der Waals surface area contributed by atoms with Crippen molar-refractivity contribution in [2.24, 2.45) is 0 Å². The molecule has 1 N–H and O–H groups in total. The number of rotatable bonds is 2. The highest BCUT2D eigenvalue weighted by Gasteiger charge is 2.07. The van der Waals surface area contributed by atoms with E-state index < -0.39 is 0 Å². The van der Waals surface area contributed by atoms with Crippen LogP contribution < -0.4 is 5.32 Å². The fraction of sp³-hybridized carbons (Fsp3) is 0.0714. The lowest BCUT2D eigenvalue weighted by Gasteiger charge is -2.04. The third-order valence-electron chi connectivity index (χ3n) is 2.72. The van der Waals surface area contributed by atoms with Gasteiger partial charge in [-0.2, -0.15) is 0 Å². The van der Waals surface area contributed by atoms with Crippen LogP contribution in [-0.4, -0.2) is 4.98 Å². The van der Waals surface area contributed by atoms with Crippen LogP contribution in [0.15, 0.2) is 36.4 Å². The fourth-order valence-electron chi connectivity index (χ4n) is 1.79. The number of nitrogens with zero attached hydrogens (tertiary/aromatic N) is 1. The second kappa shape index (κ2) is 4.79. The van der Waals surface area contributed by atoms with Gasteiger partial charge in [-0.05, 0) is 42.8 Å². The molecule has 0 saturated heterocycles. The van der Waals surface area contributed by atoms with E-state index >= 15 is 0 Å². The Morgan fingerprint density at radius 2 is 2.05 bits per heavy atom. The van der Waals surface area contributed by atoms with E-state index in [-0.39, 0.29) is 5.82 Å². The van der Waals surface area contributed by atoms with Crippen molar-refractivity contribution < 1.29 is 4.39 Å². The normalized spacial score (nSPS) is 10.9. The molecule has 0 aliphatic heterocycles. The van der Waals surface area contributed by atoms with Gasteiger partial charge < -0.3 is 5.32 Å². The summed E-state index contributed by atoms with van der Waals surface area (Å²) in [6, 6.07) is 10.3. The number of hydrogen-bond donors (Lipinski definition) is 1. The Balaban J connectivity index is 1.96. The average Bonchev–Trinajstić information content (AvgIpc) is 2.74. The maximum Gasteiger partial charge on any atom is 0.188 e. The molecule has 0 aliphatic rings. The first-order valence-corrected chi connectivity index (χ1v) is 6.90. The number of aryl methyl sites for hydroxylation is 1. The monoisotopic (exact) mass is 292 g/mol. The molecule has 19 heavy (non-hydrogen) atoms. The smallest absolute Gasteiger partial charge is 0.188 e. The van der Waals surface area contributed by atoms with Crippen molar-refractivity contribution in [3.63, 3.8) is 0 Å². The predicted octanol–water partition coefficient (Wildman–Crippen LogP) is 5.14. The van der Waals surface area contributed by atoms with E-state index in [4.69, 9.17) is 11.6 Å². The van der Waals surface area contributed by atoms with Gasteiger partial charge in [0.25, 0.3) is 0 Å². The number of thiazole rings is 1. The first kappa shape index (κ1) is 12.4. The summed E-state index contributed by atoms with van der Waals surface area (Å²) < 4.78 is 14.1. The van der Waals surface area contributed by atoms with Crippen molar-refractivity contribution >= 4 is 44.0 Å². The number of anilines is 2. The number of aromatic nitrogens is 1. The predicted molar refractivity (Wildman–Crippen MR) is 79.0 cm³/mol. The number of fused-ring (bicyclic) bond motifs is 1. The fourth-order valence-corrected chi connectivity index (χ4v) is 2.98. The maximum atomic E-state index is 13.0.